The highest BCUT2D eigenvalue weighted by molar-refractivity contribution is 6.30. The van der Waals surface area contributed by atoms with Crippen molar-refractivity contribution >= 4 is 23.3 Å². The van der Waals surface area contributed by atoms with E-state index in [0.29, 0.717) is 18.0 Å². The lowest BCUT2D eigenvalue weighted by Gasteiger charge is -2.12. The molecule has 0 aliphatic carbocycles. The number of hydrogen-bond donors (Lipinski definition) is 3. The van der Waals surface area contributed by atoms with E-state index < -0.39 is 12.0 Å². The molecule has 0 amide bonds. The molecule has 0 bridgehead atoms. The molecule has 4 nitrogen and oxygen atoms in total. The Morgan fingerprint density at radius 3 is 3.00 bits per heavy atom. The van der Waals surface area contributed by atoms with Crippen molar-refractivity contribution < 1.29 is 9.90 Å². The zero-order chi connectivity index (χ0) is 11.5. The van der Waals surface area contributed by atoms with Crippen molar-refractivity contribution in [2.75, 3.05) is 11.9 Å². The minimum Gasteiger partial charge on any atom is -0.480 e. The van der Waals surface area contributed by atoms with E-state index in [2.05, 4.69) is 10.6 Å². The highest BCUT2D eigenvalue weighted by Crippen LogP contribution is 2.18. The second-order valence-electron chi connectivity index (χ2n) is 3.89. The highest BCUT2D eigenvalue weighted by Gasteiger charge is 2.28. The van der Waals surface area contributed by atoms with Crippen LogP contribution in [0.4, 0.5) is 5.69 Å². The van der Waals surface area contributed by atoms with Crippen molar-refractivity contribution in [2.45, 2.75) is 18.5 Å². The van der Waals surface area contributed by atoms with E-state index in [0.717, 1.165) is 5.69 Å². The Labute approximate surface area is 98.6 Å². The molecule has 1 aromatic rings. The summed E-state index contributed by atoms with van der Waals surface area (Å²) < 4.78 is 0. The van der Waals surface area contributed by atoms with Gasteiger partial charge in [-0.15, -0.1) is 0 Å². The molecule has 2 rings (SSSR count). The number of hydrogen-bond acceptors (Lipinski definition) is 3. The summed E-state index contributed by atoms with van der Waals surface area (Å²) in [5.41, 5.74) is 0.922. The van der Waals surface area contributed by atoms with Crippen molar-refractivity contribution in [1.82, 2.24) is 5.32 Å². The summed E-state index contributed by atoms with van der Waals surface area (Å²) in [6.07, 6.45) is 0.585. The molecule has 16 heavy (non-hydrogen) atoms. The first-order valence-corrected chi connectivity index (χ1v) is 5.51. The molecule has 0 radical (unpaired) electrons. The van der Waals surface area contributed by atoms with Gasteiger partial charge < -0.3 is 15.7 Å². The van der Waals surface area contributed by atoms with E-state index in [1.165, 1.54) is 0 Å². The van der Waals surface area contributed by atoms with Gasteiger partial charge in [-0.3, -0.25) is 4.79 Å². The van der Waals surface area contributed by atoms with Gasteiger partial charge in [-0.1, -0.05) is 17.7 Å². The number of halogens is 1. The van der Waals surface area contributed by atoms with E-state index in [9.17, 15) is 4.79 Å². The van der Waals surface area contributed by atoms with E-state index in [4.69, 9.17) is 16.7 Å². The molecule has 1 saturated heterocycles. The zero-order valence-corrected chi connectivity index (χ0v) is 9.37. The third-order valence-corrected chi connectivity index (χ3v) is 2.86. The lowest BCUT2D eigenvalue weighted by Crippen LogP contribution is -2.30. The molecule has 0 saturated carbocycles. The Morgan fingerprint density at radius 1 is 1.56 bits per heavy atom. The van der Waals surface area contributed by atoms with Crippen molar-refractivity contribution in [3.63, 3.8) is 0 Å². The van der Waals surface area contributed by atoms with Crippen LogP contribution >= 0.6 is 11.6 Å². The standard InChI is InChI=1S/C11H13ClN2O2/c12-7-2-1-3-8(4-7)14-9-5-10(11(15)16)13-6-9/h1-4,9-10,13-14H,5-6H2,(H,15,16)/t9-,10?/m0/s1. The van der Waals surface area contributed by atoms with Crippen LogP contribution in [0.5, 0.6) is 0 Å². The quantitative estimate of drug-likeness (QED) is 0.751. The van der Waals surface area contributed by atoms with Crippen LogP contribution in [0.1, 0.15) is 6.42 Å². The Balaban J connectivity index is 1.94. The van der Waals surface area contributed by atoms with Gasteiger partial charge in [0.25, 0.3) is 0 Å². The van der Waals surface area contributed by atoms with E-state index >= 15 is 0 Å². The monoisotopic (exact) mass is 240 g/mol. The van der Waals surface area contributed by atoms with Gasteiger partial charge in [0, 0.05) is 23.3 Å². The lowest BCUT2D eigenvalue weighted by atomic mass is 10.1. The van der Waals surface area contributed by atoms with Crippen LogP contribution in [-0.2, 0) is 4.79 Å². The summed E-state index contributed by atoms with van der Waals surface area (Å²) in [7, 11) is 0. The summed E-state index contributed by atoms with van der Waals surface area (Å²) in [6.45, 7) is 0.656. The van der Waals surface area contributed by atoms with Gasteiger partial charge in [0.1, 0.15) is 6.04 Å². The molecule has 1 unspecified atom stereocenters. The third kappa shape index (κ3) is 2.65. The van der Waals surface area contributed by atoms with Gasteiger partial charge >= 0.3 is 5.97 Å². The first-order valence-electron chi connectivity index (χ1n) is 5.13. The fraction of sp³-hybridized carbons (Fsp3) is 0.364. The number of carboxylic acid groups (broad SMARTS) is 1. The van der Waals surface area contributed by atoms with Crippen LogP contribution in [0.3, 0.4) is 0 Å². The SMILES string of the molecule is O=C(O)C1C[C@H](Nc2cccc(Cl)c2)CN1. The smallest absolute Gasteiger partial charge is 0.320 e. The molecule has 0 spiro atoms. The predicted octanol–water partition coefficient (Wildman–Crippen LogP) is 1.57. The molecule has 0 aromatic heterocycles. The maximum absolute atomic E-state index is 10.7. The lowest BCUT2D eigenvalue weighted by molar-refractivity contribution is -0.139. The molecular formula is C11H13ClN2O2. The molecule has 1 aliphatic rings. The second-order valence-corrected chi connectivity index (χ2v) is 4.32. The minimum absolute atomic E-state index is 0.138. The van der Waals surface area contributed by atoms with Crippen LogP contribution < -0.4 is 10.6 Å². The topological polar surface area (TPSA) is 61.4 Å². The zero-order valence-electron chi connectivity index (χ0n) is 8.61. The summed E-state index contributed by atoms with van der Waals surface area (Å²) in [5.74, 6) is -0.796. The van der Waals surface area contributed by atoms with Gasteiger partial charge in [0.2, 0.25) is 0 Å². The van der Waals surface area contributed by atoms with Crippen LogP contribution in [0.15, 0.2) is 24.3 Å². The molecule has 5 heteroatoms. The first-order chi connectivity index (χ1) is 7.65. The van der Waals surface area contributed by atoms with Crippen molar-refractivity contribution in [3.05, 3.63) is 29.3 Å². The number of rotatable bonds is 3. The fourth-order valence-corrected chi connectivity index (χ4v) is 2.04. The average Bonchev–Trinajstić information content (AvgIpc) is 2.66. The summed E-state index contributed by atoms with van der Waals surface area (Å²) >= 11 is 5.86. The average molecular weight is 241 g/mol. The van der Waals surface area contributed by atoms with Crippen LogP contribution in [0, 0.1) is 0 Å². The third-order valence-electron chi connectivity index (χ3n) is 2.62. The highest BCUT2D eigenvalue weighted by atomic mass is 35.5. The van der Waals surface area contributed by atoms with E-state index in [-0.39, 0.29) is 6.04 Å². The minimum atomic E-state index is -0.796. The summed E-state index contributed by atoms with van der Waals surface area (Å²) in [5, 5.41) is 15.7. The Bertz CT molecular complexity index is 397. The summed E-state index contributed by atoms with van der Waals surface area (Å²) in [6, 6.07) is 7.10. The predicted molar refractivity (Wildman–Crippen MR) is 62.9 cm³/mol. The maximum atomic E-state index is 10.7. The Morgan fingerprint density at radius 2 is 2.38 bits per heavy atom. The number of carbonyl (C=O) groups is 1. The Hall–Kier alpha value is -1.26. The molecule has 1 aromatic carbocycles. The number of carboxylic acids is 1. The molecule has 1 aliphatic heterocycles. The normalized spacial score (nSPS) is 24.3. The Kier molecular flexibility index (Phi) is 3.31. The van der Waals surface area contributed by atoms with Crippen LogP contribution in [-0.4, -0.2) is 29.7 Å². The van der Waals surface area contributed by atoms with Gasteiger partial charge in [0.15, 0.2) is 0 Å². The second kappa shape index (κ2) is 4.72. The molecule has 2 atom stereocenters. The number of aliphatic carboxylic acids is 1. The van der Waals surface area contributed by atoms with Crippen molar-refractivity contribution in [3.8, 4) is 0 Å². The van der Waals surface area contributed by atoms with E-state index in [1.807, 2.05) is 18.2 Å². The number of anilines is 1. The van der Waals surface area contributed by atoms with Gasteiger partial charge in [0.05, 0.1) is 0 Å². The molecule has 86 valence electrons. The largest absolute Gasteiger partial charge is 0.480 e. The van der Waals surface area contributed by atoms with E-state index in [1.54, 1.807) is 6.07 Å². The van der Waals surface area contributed by atoms with Crippen molar-refractivity contribution in [2.24, 2.45) is 0 Å². The first kappa shape index (κ1) is 11.2. The number of benzene rings is 1. The van der Waals surface area contributed by atoms with Gasteiger partial charge in [-0.25, -0.2) is 0 Å². The fourth-order valence-electron chi connectivity index (χ4n) is 1.85. The molecule has 1 fully saturated rings. The molecular weight excluding hydrogens is 228 g/mol. The maximum Gasteiger partial charge on any atom is 0.320 e. The van der Waals surface area contributed by atoms with Crippen LogP contribution in [0.2, 0.25) is 5.02 Å². The summed E-state index contributed by atoms with van der Waals surface area (Å²) in [4.78, 5) is 10.7. The van der Waals surface area contributed by atoms with Gasteiger partial charge in [-0.05, 0) is 24.6 Å². The number of nitrogens with one attached hydrogen (secondary N) is 2. The molecule has 1 heterocycles. The van der Waals surface area contributed by atoms with Crippen LogP contribution in [0.25, 0.3) is 0 Å². The molecule has 3 N–H and O–H groups in total. The van der Waals surface area contributed by atoms with Crippen molar-refractivity contribution in [1.29, 1.82) is 0 Å². The van der Waals surface area contributed by atoms with Gasteiger partial charge in [-0.2, -0.15) is 0 Å².